The first-order chi connectivity index (χ1) is 7.65. The minimum atomic E-state index is -0.991. The number of carboxylic acid groups (broad SMARTS) is 1. The summed E-state index contributed by atoms with van der Waals surface area (Å²) in [6, 6.07) is 5.22. The molecule has 84 valence electrons. The molecule has 0 saturated heterocycles. The second-order valence-electron chi connectivity index (χ2n) is 3.67. The highest BCUT2D eigenvalue weighted by atomic mass is 35.5. The van der Waals surface area contributed by atoms with Crippen molar-refractivity contribution in [3.63, 3.8) is 0 Å². The Labute approximate surface area is 98.3 Å². The van der Waals surface area contributed by atoms with E-state index < -0.39 is 5.97 Å². The Morgan fingerprint density at radius 2 is 2.19 bits per heavy atom. The van der Waals surface area contributed by atoms with Gasteiger partial charge in [-0.05, 0) is 24.6 Å². The molecule has 3 nitrogen and oxygen atoms in total. The first kappa shape index (κ1) is 11.0. The van der Waals surface area contributed by atoms with Gasteiger partial charge in [0.2, 0.25) is 0 Å². The van der Waals surface area contributed by atoms with Gasteiger partial charge in [0.1, 0.15) is 0 Å². The van der Waals surface area contributed by atoms with Crippen molar-refractivity contribution in [2.45, 2.75) is 19.9 Å². The average Bonchev–Trinajstić information content (AvgIpc) is 2.63. The molecule has 16 heavy (non-hydrogen) atoms. The van der Waals surface area contributed by atoms with Crippen molar-refractivity contribution in [2.75, 3.05) is 0 Å². The minimum Gasteiger partial charge on any atom is -0.478 e. The maximum atomic E-state index is 10.9. The molecule has 0 fully saturated rings. The number of aromatic nitrogens is 1. The van der Waals surface area contributed by atoms with E-state index in [1.165, 1.54) is 0 Å². The Morgan fingerprint density at radius 1 is 1.44 bits per heavy atom. The first-order valence-corrected chi connectivity index (χ1v) is 5.53. The van der Waals surface area contributed by atoms with Crippen LogP contribution in [0.2, 0.25) is 5.02 Å². The van der Waals surface area contributed by atoms with Gasteiger partial charge < -0.3 is 9.67 Å². The van der Waals surface area contributed by atoms with Gasteiger partial charge in [0.05, 0.1) is 10.6 Å². The summed E-state index contributed by atoms with van der Waals surface area (Å²) < 4.78 is 2.08. The van der Waals surface area contributed by atoms with Gasteiger partial charge in [-0.1, -0.05) is 18.5 Å². The van der Waals surface area contributed by atoms with Crippen LogP contribution in [-0.4, -0.2) is 15.6 Å². The summed E-state index contributed by atoms with van der Waals surface area (Å²) in [4.78, 5) is 10.9. The van der Waals surface area contributed by atoms with Gasteiger partial charge in [-0.3, -0.25) is 0 Å². The van der Waals surface area contributed by atoms with Crippen molar-refractivity contribution >= 4 is 28.5 Å². The van der Waals surface area contributed by atoms with Crippen LogP contribution >= 0.6 is 11.6 Å². The van der Waals surface area contributed by atoms with Crippen LogP contribution in [0, 0.1) is 0 Å². The number of aromatic carboxylic acids is 1. The highest BCUT2D eigenvalue weighted by molar-refractivity contribution is 6.38. The van der Waals surface area contributed by atoms with E-state index in [0.29, 0.717) is 5.02 Å². The molecule has 0 saturated carbocycles. The number of halogens is 1. The van der Waals surface area contributed by atoms with Crippen molar-refractivity contribution in [3.05, 3.63) is 35.0 Å². The molecule has 4 heteroatoms. The lowest BCUT2D eigenvalue weighted by Gasteiger charge is -2.04. The number of rotatable bonds is 3. The van der Waals surface area contributed by atoms with E-state index >= 15 is 0 Å². The standard InChI is InChI=1S/C12H12ClNO2/c1-2-6-14-7-5-8-10(14)4-3-9(11(8)13)12(15)16/h3-5,7H,2,6H2,1H3,(H,15,16). The topological polar surface area (TPSA) is 42.2 Å². The molecule has 0 unspecified atom stereocenters. The lowest BCUT2D eigenvalue weighted by molar-refractivity contribution is 0.0697. The van der Waals surface area contributed by atoms with Gasteiger partial charge in [0.15, 0.2) is 0 Å². The summed E-state index contributed by atoms with van der Waals surface area (Å²) in [5.74, 6) is -0.991. The molecule has 0 aliphatic rings. The molecule has 0 spiro atoms. The number of carbonyl (C=O) groups is 1. The minimum absolute atomic E-state index is 0.156. The zero-order valence-electron chi connectivity index (χ0n) is 8.90. The van der Waals surface area contributed by atoms with Crippen molar-refractivity contribution in [3.8, 4) is 0 Å². The summed E-state index contributed by atoms with van der Waals surface area (Å²) in [7, 11) is 0. The molecule has 0 atom stereocenters. The lowest BCUT2D eigenvalue weighted by Crippen LogP contribution is -1.98. The Hall–Kier alpha value is -1.48. The SMILES string of the molecule is CCCn1ccc2c(Cl)c(C(=O)O)ccc21. The fraction of sp³-hybridized carbons (Fsp3) is 0.250. The third kappa shape index (κ3) is 1.67. The molecule has 0 bridgehead atoms. The van der Waals surface area contributed by atoms with Crippen LogP contribution in [0.3, 0.4) is 0 Å². The Balaban J connectivity index is 2.64. The fourth-order valence-corrected chi connectivity index (χ4v) is 2.14. The van der Waals surface area contributed by atoms with Crippen molar-refractivity contribution in [2.24, 2.45) is 0 Å². The third-order valence-electron chi connectivity index (χ3n) is 2.58. The van der Waals surface area contributed by atoms with Crippen molar-refractivity contribution < 1.29 is 9.90 Å². The first-order valence-electron chi connectivity index (χ1n) is 5.15. The highest BCUT2D eigenvalue weighted by Crippen LogP contribution is 2.28. The van der Waals surface area contributed by atoms with Gasteiger partial charge >= 0.3 is 5.97 Å². The molecular formula is C12H12ClNO2. The van der Waals surface area contributed by atoms with E-state index in [2.05, 4.69) is 11.5 Å². The zero-order valence-corrected chi connectivity index (χ0v) is 9.66. The second kappa shape index (κ2) is 4.18. The monoisotopic (exact) mass is 237 g/mol. The predicted octanol–water partition coefficient (Wildman–Crippen LogP) is 3.40. The Morgan fingerprint density at radius 3 is 2.81 bits per heavy atom. The predicted molar refractivity (Wildman–Crippen MR) is 64.2 cm³/mol. The molecule has 1 aromatic heterocycles. The van der Waals surface area contributed by atoms with Gasteiger partial charge in [0.25, 0.3) is 0 Å². The van der Waals surface area contributed by atoms with Crippen LogP contribution in [0.5, 0.6) is 0 Å². The van der Waals surface area contributed by atoms with Crippen LogP contribution in [-0.2, 0) is 6.54 Å². The number of aryl methyl sites for hydroxylation is 1. The molecule has 2 aromatic rings. The van der Waals surface area contributed by atoms with Crippen LogP contribution in [0.1, 0.15) is 23.7 Å². The van der Waals surface area contributed by atoms with E-state index in [9.17, 15) is 4.79 Å². The molecule has 1 aromatic carbocycles. The summed E-state index contributed by atoms with van der Waals surface area (Å²) >= 11 is 6.06. The second-order valence-corrected chi connectivity index (χ2v) is 4.05. The maximum Gasteiger partial charge on any atom is 0.337 e. The van der Waals surface area contributed by atoms with Gasteiger partial charge in [-0.15, -0.1) is 0 Å². The molecular weight excluding hydrogens is 226 g/mol. The number of nitrogens with zero attached hydrogens (tertiary/aromatic N) is 1. The Bertz CT molecular complexity index is 545. The molecule has 0 aliphatic heterocycles. The summed E-state index contributed by atoms with van der Waals surface area (Å²) in [5, 5.41) is 10.1. The van der Waals surface area contributed by atoms with E-state index in [0.717, 1.165) is 23.9 Å². The van der Waals surface area contributed by atoms with E-state index in [4.69, 9.17) is 16.7 Å². The van der Waals surface area contributed by atoms with E-state index in [1.807, 2.05) is 12.3 Å². The summed E-state index contributed by atoms with van der Waals surface area (Å²) in [5.41, 5.74) is 1.14. The number of hydrogen-bond donors (Lipinski definition) is 1. The summed E-state index contributed by atoms with van der Waals surface area (Å²) in [6.07, 6.45) is 2.97. The molecule has 0 amide bonds. The van der Waals surface area contributed by atoms with Crippen LogP contribution in [0.4, 0.5) is 0 Å². The lowest BCUT2D eigenvalue weighted by atomic mass is 10.1. The normalized spacial score (nSPS) is 10.9. The van der Waals surface area contributed by atoms with Crippen LogP contribution in [0.25, 0.3) is 10.9 Å². The summed E-state index contributed by atoms with van der Waals surface area (Å²) in [6.45, 7) is 3.01. The zero-order chi connectivity index (χ0) is 11.7. The third-order valence-corrected chi connectivity index (χ3v) is 2.99. The van der Waals surface area contributed by atoms with Crippen molar-refractivity contribution in [1.82, 2.24) is 4.57 Å². The molecule has 1 heterocycles. The van der Waals surface area contributed by atoms with Gasteiger partial charge in [0, 0.05) is 23.6 Å². The number of hydrogen-bond acceptors (Lipinski definition) is 1. The number of benzene rings is 1. The van der Waals surface area contributed by atoms with Gasteiger partial charge in [-0.2, -0.15) is 0 Å². The largest absolute Gasteiger partial charge is 0.478 e. The molecule has 0 radical (unpaired) electrons. The quantitative estimate of drug-likeness (QED) is 0.889. The van der Waals surface area contributed by atoms with Crippen LogP contribution < -0.4 is 0 Å². The smallest absolute Gasteiger partial charge is 0.337 e. The molecule has 0 aliphatic carbocycles. The Kier molecular flexibility index (Phi) is 2.88. The fourth-order valence-electron chi connectivity index (χ4n) is 1.84. The number of carboxylic acids is 1. The van der Waals surface area contributed by atoms with Crippen molar-refractivity contribution in [1.29, 1.82) is 0 Å². The van der Waals surface area contributed by atoms with E-state index in [-0.39, 0.29) is 5.56 Å². The van der Waals surface area contributed by atoms with Crippen LogP contribution in [0.15, 0.2) is 24.4 Å². The maximum absolute atomic E-state index is 10.9. The average molecular weight is 238 g/mol. The van der Waals surface area contributed by atoms with E-state index in [1.54, 1.807) is 12.1 Å². The van der Waals surface area contributed by atoms with Gasteiger partial charge in [-0.25, -0.2) is 4.79 Å². The highest BCUT2D eigenvalue weighted by Gasteiger charge is 2.13. The molecule has 2 rings (SSSR count). The molecule has 1 N–H and O–H groups in total. The number of fused-ring (bicyclic) bond motifs is 1.